The fourth-order valence-electron chi connectivity index (χ4n) is 1.42. The highest BCUT2D eigenvalue weighted by Gasteiger charge is 2.30. The van der Waals surface area contributed by atoms with Crippen LogP contribution in [-0.2, 0) is 11.3 Å². The van der Waals surface area contributed by atoms with E-state index in [0.717, 1.165) is 0 Å². The molecule has 0 aliphatic carbocycles. The maximum absolute atomic E-state index is 12.0. The van der Waals surface area contributed by atoms with Crippen LogP contribution in [0.1, 0.15) is 19.4 Å². The second kappa shape index (κ2) is 8.09. The number of benzene rings is 1. The van der Waals surface area contributed by atoms with Crippen LogP contribution in [0.5, 0.6) is 5.75 Å². The first-order valence-electron chi connectivity index (χ1n) is 6.07. The summed E-state index contributed by atoms with van der Waals surface area (Å²) in [5.74, 6) is -0.584. The predicted octanol–water partition coefficient (Wildman–Crippen LogP) is 2.61. The number of halogens is 4. The fraction of sp³-hybridized carbons (Fsp3) is 0.462. The molecule has 8 heteroatoms. The number of nitrogens with one attached hydrogen (secondary N) is 1. The Morgan fingerprint density at radius 2 is 1.81 bits per heavy atom. The number of amides is 1. The van der Waals surface area contributed by atoms with Gasteiger partial charge in [0.05, 0.1) is 6.04 Å². The van der Waals surface area contributed by atoms with E-state index >= 15 is 0 Å². The average molecular weight is 327 g/mol. The van der Waals surface area contributed by atoms with Crippen LogP contribution in [0.4, 0.5) is 13.2 Å². The van der Waals surface area contributed by atoms with E-state index in [2.05, 4.69) is 10.1 Å². The van der Waals surface area contributed by atoms with E-state index in [1.54, 1.807) is 0 Å². The van der Waals surface area contributed by atoms with Crippen LogP contribution in [-0.4, -0.2) is 18.3 Å². The average Bonchev–Trinajstić information content (AvgIpc) is 2.34. The topological polar surface area (TPSA) is 64.4 Å². The van der Waals surface area contributed by atoms with E-state index in [1.165, 1.54) is 24.3 Å². The Bertz CT molecular complexity index is 450. The smallest absolute Gasteiger partial charge is 0.406 e. The normalized spacial score (nSPS) is 12.5. The van der Waals surface area contributed by atoms with Crippen molar-refractivity contribution in [1.29, 1.82) is 0 Å². The first kappa shape index (κ1) is 19.5. The molecule has 0 saturated carbocycles. The van der Waals surface area contributed by atoms with Crippen LogP contribution in [0.15, 0.2) is 24.3 Å². The van der Waals surface area contributed by atoms with Gasteiger partial charge < -0.3 is 15.8 Å². The number of hydrogen-bond acceptors (Lipinski definition) is 3. The molecule has 0 aliphatic heterocycles. The Kier molecular flexibility index (Phi) is 7.52. The van der Waals surface area contributed by atoms with Crippen LogP contribution in [0.25, 0.3) is 0 Å². The Morgan fingerprint density at radius 3 is 2.24 bits per heavy atom. The largest absolute Gasteiger partial charge is 0.573 e. The van der Waals surface area contributed by atoms with Crippen molar-refractivity contribution in [3.8, 4) is 5.75 Å². The van der Waals surface area contributed by atoms with Crippen molar-refractivity contribution in [3.05, 3.63) is 29.8 Å². The monoisotopic (exact) mass is 326 g/mol. The lowest BCUT2D eigenvalue weighted by Crippen LogP contribution is -2.43. The molecule has 1 aromatic carbocycles. The summed E-state index contributed by atoms with van der Waals surface area (Å²) in [5, 5.41) is 2.62. The molecule has 0 radical (unpaired) electrons. The van der Waals surface area contributed by atoms with Gasteiger partial charge in [-0.2, -0.15) is 0 Å². The van der Waals surface area contributed by atoms with Gasteiger partial charge >= 0.3 is 6.36 Å². The van der Waals surface area contributed by atoms with Gasteiger partial charge in [0.1, 0.15) is 5.75 Å². The molecule has 0 heterocycles. The molecular weight excluding hydrogens is 309 g/mol. The zero-order valence-electron chi connectivity index (χ0n) is 11.6. The number of hydrogen-bond donors (Lipinski definition) is 2. The SMILES string of the molecule is CC(C)C(N)C(=O)NCc1ccc(OC(F)(F)F)cc1.Cl. The van der Waals surface area contributed by atoms with Gasteiger partial charge in [-0.15, -0.1) is 25.6 Å². The van der Waals surface area contributed by atoms with Crippen LogP contribution < -0.4 is 15.8 Å². The van der Waals surface area contributed by atoms with Crippen molar-refractivity contribution in [3.63, 3.8) is 0 Å². The van der Waals surface area contributed by atoms with Gasteiger partial charge in [0.2, 0.25) is 5.91 Å². The zero-order valence-corrected chi connectivity index (χ0v) is 12.4. The molecule has 0 aliphatic rings. The van der Waals surface area contributed by atoms with Gasteiger partial charge in [-0.05, 0) is 23.6 Å². The number of carbonyl (C=O) groups is 1. The summed E-state index contributed by atoms with van der Waals surface area (Å²) in [4.78, 5) is 11.6. The minimum atomic E-state index is -4.71. The van der Waals surface area contributed by atoms with E-state index in [0.29, 0.717) is 5.56 Å². The van der Waals surface area contributed by atoms with E-state index in [4.69, 9.17) is 5.73 Å². The van der Waals surface area contributed by atoms with Crippen LogP contribution in [0.2, 0.25) is 0 Å². The number of rotatable bonds is 5. The number of nitrogens with two attached hydrogens (primary N) is 1. The molecular formula is C13H18ClF3N2O2. The quantitative estimate of drug-likeness (QED) is 0.874. The molecule has 0 aromatic heterocycles. The maximum atomic E-state index is 12.0. The minimum Gasteiger partial charge on any atom is -0.406 e. The maximum Gasteiger partial charge on any atom is 0.573 e. The van der Waals surface area contributed by atoms with E-state index in [1.807, 2.05) is 13.8 Å². The number of carbonyl (C=O) groups excluding carboxylic acids is 1. The van der Waals surface area contributed by atoms with E-state index in [9.17, 15) is 18.0 Å². The molecule has 4 nitrogen and oxygen atoms in total. The van der Waals surface area contributed by atoms with Crippen molar-refractivity contribution in [2.45, 2.75) is 32.8 Å². The lowest BCUT2D eigenvalue weighted by atomic mass is 10.0. The zero-order chi connectivity index (χ0) is 15.3. The lowest BCUT2D eigenvalue weighted by molar-refractivity contribution is -0.274. The molecule has 1 aromatic rings. The van der Waals surface area contributed by atoms with Gasteiger partial charge in [0.15, 0.2) is 0 Å². The van der Waals surface area contributed by atoms with Crippen molar-refractivity contribution in [2.24, 2.45) is 11.7 Å². The summed E-state index contributed by atoms with van der Waals surface area (Å²) < 4.78 is 39.6. The van der Waals surface area contributed by atoms with Crippen molar-refractivity contribution in [1.82, 2.24) is 5.32 Å². The molecule has 1 atom stereocenters. The van der Waals surface area contributed by atoms with Crippen LogP contribution in [0.3, 0.4) is 0 Å². The molecule has 1 unspecified atom stereocenters. The first-order chi connectivity index (χ1) is 9.19. The summed E-state index contributed by atoms with van der Waals surface area (Å²) in [6.45, 7) is 3.85. The summed E-state index contributed by atoms with van der Waals surface area (Å²) >= 11 is 0. The number of ether oxygens (including phenoxy) is 1. The van der Waals surface area contributed by atoms with Gasteiger partial charge in [-0.3, -0.25) is 4.79 Å². The van der Waals surface area contributed by atoms with E-state index in [-0.39, 0.29) is 36.5 Å². The van der Waals surface area contributed by atoms with Gasteiger partial charge in [-0.25, -0.2) is 0 Å². The summed E-state index contributed by atoms with van der Waals surface area (Å²) in [5.41, 5.74) is 6.32. The lowest BCUT2D eigenvalue weighted by Gasteiger charge is -2.15. The highest BCUT2D eigenvalue weighted by Crippen LogP contribution is 2.22. The molecule has 21 heavy (non-hydrogen) atoms. The molecule has 3 N–H and O–H groups in total. The Hall–Kier alpha value is -1.47. The highest BCUT2D eigenvalue weighted by molar-refractivity contribution is 5.85. The first-order valence-corrected chi connectivity index (χ1v) is 6.07. The second-order valence-corrected chi connectivity index (χ2v) is 4.68. The third kappa shape index (κ3) is 7.19. The van der Waals surface area contributed by atoms with Crippen molar-refractivity contribution >= 4 is 18.3 Å². The Morgan fingerprint density at radius 1 is 1.29 bits per heavy atom. The molecule has 0 bridgehead atoms. The second-order valence-electron chi connectivity index (χ2n) is 4.68. The molecule has 0 spiro atoms. The van der Waals surface area contributed by atoms with Crippen LogP contribution in [0, 0.1) is 5.92 Å². The van der Waals surface area contributed by atoms with Gasteiger partial charge in [0, 0.05) is 6.54 Å². The molecule has 0 saturated heterocycles. The summed E-state index contributed by atoms with van der Waals surface area (Å²) in [6, 6.07) is 4.67. The third-order valence-electron chi connectivity index (χ3n) is 2.64. The standard InChI is InChI=1S/C13H17F3N2O2.ClH/c1-8(2)11(17)12(19)18-7-9-3-5-10(6-4-9)20-13(14,15)16;/h3-6,8,11H,7,17H2,1-2H3,(H,18,19);1H. The molecule has 120 valence electrons. The van der Waals surface area contributed by atoms with Gasteiger partial charge in [0.25, 0.3) is 0 Å². The van der Waals surface area contributed by atoms with E-state index < -0.39 is 12.4 Å². The summed E-state index contributed by atoms with van der Waals surface area (Å²) in [7, 11) is 0. The molecule has 1 rings (SSSR count). The Labute approximate surface area is 127 Å². The highest BCUT2D eigenvalue weighted by atomic mass is 35.5. The fourth-order valence-corrected chi connectivity index (χ4v) is 1.42. The van der Waals surface area contributed by atoms with Crippen molar-refractivity contribution < 1.29 is 22.7 Å². The number of alkyl halides is 3. The van der Waals surface area contributed by atoms with Crippen LogP contribution >= 0.6 is 12.4 Å². The van der Waals surface area contributed by atoms with Crippen molar-refractivity contribution in [2.75, 3.05) is 0 Å². The minimum absolute atomic E-state index is 0. The third-order valence-corrected chi connectivity index (χ3v) is 2.64. The predicted molar refractivity (Wildman–Crippen MR) is 75.0 cm³/mol. The molecule has 1 amide bonds. The Balaban J connectivity index is 0.00000400. The van der Waals surface area contributed by atoms with Gasteiger partial charge in [-0.1, -0.05) is 26.0 Å². The molecule has 0 fully saturated rings. The summed E-state index contributed by atoms with van der Waals surface area (Å²) in [6.07, 6.45) is -4.71.